The van der Waals surface area contributed by atoms with E-state index >= 15 is 0 Å². The number of nitrogens with zero attached hydrogens (tertiary/aromatic N) is 2. The average molecular weight is 507 g/mol. The highest BCUT2D eigenvalue weighted by molar-refractivity contribution is 9.10. The highest BCUT2D eigenvalue weighted by Crippen LogP contribution is 2.38. The number of carboxylic acid groups (broad SMARTS) is 1. The SMILES string of the molecule is COc1c(-c2ccc(-c3ccc(CCC(C)O)cc3)cc2)nc2c(Br)cncc2c1C(=O)O. The van der Waals surface area contributed by atoms with Gasteiger partial charge in [0.25, 0.3) is 0 Å². The van der Waals surface area contributed by atoms with Gasteiger partial charge in [-0.15, -0.1) is 0 Å². The number of aromatic carboxylic acids is 1. The fourth-order valence-electron chi connectivity index (χ4n) is 3.79. The summed E-state index contributed by atoms with van der Waals surface area (Å²) in [5.74, 6) is -0.905. The second-order valence-corrected chi connectivity index (χ2v) is 8.71. The molecule has 4 rings (SSSR count). The maximum atomic E-state index is 12.1. The molecule has 2 heterocycles. The summed E-state index contributed by atoms with van der Waals surface area (Å²) in [6.45, 7) is 1.80. The molecule has 1 unspecified atom stereocenters. The number of aryl methyl sites for hydroxylation is 1. The van der Waals surface area contributed by atoms with Gasteiger partial charge >= 0.3 is 5.97 Å². The highest BCUT2D eigenvalue weighted by Gasteiger charge is 2.23. The van der Waals surface area contributed by atoms with Crippen molar-refractivity contribution in [2.24, 2.45) is 0 Å². The number of hydrogen-bond donors (Lipinski definition) is 2. The minimum absolute atomic E-state index is 0.0307. The smallest absolute Gasteiger partial charge is 0.340 e. The number of benzene rings is 2. The lowest BCUT2D eigenvalue weighted by Gasteiger charge is -2.14. The summed E-state index contributed by atoms with van der Waals surface area (Å²) in [6.07, 6.45) is 4.33. The molecule has 6 nitrogen and oxygen atoms in total. The number of rotatable bonds is 7. The van der Waals surface area contributed by atoms with Crippen LogP contribution in [0.4, 0.5) is 0 Å². The monoisotopic (exact) mass is 506 g/mol. The predicted molar refractivity (Wildman–Crippen MR) is 132 cm³/mol. The molecule has 0 spiro atoms. The molecule has 0 aliphatic carbocycles. The Balaban J connectivity index is 1.73. The fourth-order valence-corrected chi connectivity index (χ4v) is 4.22. The molecule has 0 bridgehead atoms. The molecule has 0 aliphatic rings. The molecule has 2 aromatic carbocycles. The zero-order chi connectivity index (χ0) is 23.5. The first-order valence-electron chi connectivity index (χ1n) is 10.5. The van der Waals surface area contributed by atoms with E-state index in [9.17, 15) is 15.0 Å². The Bertz CT molecular complexity index is 1300. The molecule has 0 amide bonds. The summed E-state index contributed by atoms with van der Waals surface area (Å²) in [7, 11) is 1.44. The number of ether oxygens (including phenoxy) is 1. The Labute approximate surface area is 200 Å². The van der Waals surface area contributed by atoms with Crippen molar-refractivity contribution in [1.82, 2.24) is 9.97 Å². The molecule has 0 fully saturated rings. The van der Waals surface area contributed by atoms with Gasteiger partial charge in [-0.05, 0) is 52.4 Å². The molecule has 2 N–H and O–H groups in total. The molecule has 1 atom stereocenters. The van der Waals surface area contributed by atoms with Crippen LogP contribution in [-0.2, 0) is 6.42 Å². The summed E-state index contributed by atoms with van der Waals surface area (Å²) >= 11 is 3.43. The first-order valence-corrected chi connectivity index (χ1v) is 11.3. The van der Waals surface area contributed by atoms with Crippen molar-refractivity contribution in [1.29, 1.82) is 0 Å². The van der Waals surface area contributed by atoms with Crippen LogP contribution >= 0.6 is 15.9 Å². The fraction of sp³-hybridized carbons (Fsp3) is 0.192. The topological polar surface area (TPSA) is 92.5 Å². The van der Waals surface area contributed by atoms with Gasteiger partial charge in [0.05, 0.1) is 23.2 Å². The van der Waals surface area contributed by atoms with Crippen LogP contribution in [0.1, 0.15) is 29.3 Å². The van der Waals surface area contributed by atoms with E-state index in [1.54, 1.807) is 13.1 Å². The molecule has 0 saturated carbocycles. The second kappa shape index (κ2) is 9.68. The lowest BCUT2D eigenvalue weighted by atomic mass is 9.98. The van der Waals surface area contributed by atoms with Crippen LogP contribution in [0.25, 0.3) is 33.3 Å². The van der Waals surface area contributed by atoms with Crippen molar-refractivity contribution < 1.29 is 19.7 Å². The standard InChI is InChI=1S/C26H23BrN2O4/c1-15(30)3-4-16-5-7-17(8-6-16)18-9-11-19(12-10-18)23-25(33-2)22(26(31)32)20-13-28-14-21(27)24(20)29-23/h5-15,30H,3-4H2,1-2H3,(H,31,32). The number of aliphatic hydroxyl groups is 1. The van der Waals surface area contributed by atoms with Crippen LogP contribution in [-0.4, -0.2) is 39.4 Å². The molecule has 0 radical (unpaired) electrons. The lowest BCUT2D eigenvalue weighted by Crippen LogP contribution is -2.06. The number of hydrogen-bond acceptors (Lipinski definition) is 5. The lowest BCUT2D eigenvalue weighted by molar-refractivity contribution is 0.0695. The molecule has 33 heavy (non-hydrogen) atoms. The third-order valence-corrected chi connectivity index (χ3v) is 6.10. The molecule has 0 saturated heterocycles. The van der Waals surface area contributed by atoms with Gasteiger partial charge in [-0.3, -0.25) is 4.98 Å². The number of halogens is 1. The average Bonchev–Trinajstić information content (AvgIpc) is 2.82. The van der Waals surface area contributed by atoms with Gasteiger partial charge in [0, 0.05) is 23.3 Å². The van der Waals surface area contributed by atoms with E-state index in [4.69, 9.17) is 9.72 Å². The number of aromatic nitrogens is 2. The molecular formula is C26H23BrN2O4. The van der Waals surface area contributed by atoms with Gasteiger partial charge in [0.1, 0.15) is 11.3 Å². The quantitative estimate of drug-likeness (QED) is 0.331. The number of aliphatic hydroxyl groups excluding tert-OH is 1. The maximum Gasteiger partial charge on any atom is 0.340 e. The first-order chi connectivity index (χ1) is 15.9. The molecular weight excluding hydrogens is 484 g/mol. The summed E-state index contributed by atoms with van der Waals surface area (Å²) in [4.78, 5) is 20.9. The molecule has 0 aliphatic heterocycles. The van der Waals surface area contributed by atoms with Gasteiger partial charge in [0.2, 0.25) is 0 Å². The molecule has 2 aromatic heterocycles. The number of carbonyl (C=O) groups is 1. The van der Waals surface area contributed by atoms with Gasteiger partial charge in [0.15, 0.2) is 5.75 Å². The van der Waals surface area contributed by atoms with Crippen molar-refractivity contribution in [3.8, 4) is 28.1 Å². The number of methoxy groups -OCH3 is 1. The second-order valence-electron chi connectivity index (χ2n) is 7.85. The number of carboxylic acids is 1. The normalized spacial score (nSPS) is 12.0. The van der Waals surface area contributed by atoms with E-state index in [1.807, 2.05) is 24.3 Å². The minimum atomic E-state index is -1.10. The minimum Gasteiger partial charge on any atom is -0.494 e. The Morgan fingerprint density at radius 2 is 1.64 bits per heavy atom. The Hall–Kier alpha value is -3.29. The van der Waals surface area contributed by atoms with Crippen LogP contribution in [0.5, 0.6) is 5.75 Å². The van der Waals surface area contributed by atoms with E-state index in [2.05, 4.69) is 45.2 Å². The van der Waals surface area contributed by atoms with E-state index in [-0.39, 0.29) is 17.4 Å². The predicted octanol–water partition coefficient (Wildman–Crippen LogP) is 5.75. The summed E-state index contributed by atoms with van der Waals surface area (Å²) in [5.41, 5.74) is 5.03. The van der Waals surface area contributed by atoms with Gasteiger partial charge < -0.3 is 14.9 Å². The molecule has 7 heteroatoms. The first kappa shape index (κ1) is 22.9. The molecule has 168 valence electrons. The zero-order valence-electron chi connectivity index (χ0n) is 18.2. The summed E-state index contributed by atoms with van der Waals surface area (Å²) in [6, 6.07) is 16.1. The van der Waals surface area contributed by atoms with Crippen LogP contribution < -0.4 is 4.74 Å². The van der Waals surface area contributed by atoms with Crippen LogP contribution in [0, 0.1) is 0 Å². The van der Waals surface area contributed by atoms with E-state index < -0.39 is 5.97 Å². The summed E-state index contributed by atoms with van der Waals surface area (Å²) in [5, 5.41) is 19.8. The van der Waals surface area contributed by atoms with Crippen molar-refractivity contribution in [3.05, 3.63) is 76.5 Å². The summed E-state index contributed by atoms with van der Waals surface area (Å²) < 4.78 is 6.11. The number of pyridine rings is 2. The number of fused-ring (bicyclic) bond motifs is 1. The van der Waals surface area contributed by atoms with Crippen molar-refractivity contribution in [3.63, 3.8) is 0 Å². The largest absolute Gasteiger partial charge is 0.494 e. The van der Waals surface area contributed by atoms with Crippen LogP contribution in [0.15, 0.2) is 65.4 Å². The maximum absolute atomic E-state index is 12.1. The third-order valence-electron chi connectivity index (χ3n) is 5.52. The molecule has 4 aromatic rings. The van der Waals surface area contributed by atoms with E-state index in [1.165, 1.54) is 18.9 Å². The van der Waals surface area contributed by atoms with Crippen LogP contribution in [0.3, 0.4) is 0 Å². The third kappa shape index (κ3) is 4.74. The Kier molecular flexibility index (Phi) is 6.72. The zero-order valence-corrected chi connectivity index (χ0v) is 19.8. The Morgan fingerprint density at radius 1 is 1.03 bits per heavy atom. The Morgan fingerprint density at radius 3 is 2.21 bits per heavy atom. The van der Waals surface area contributed by atoms with E-state index in [0.29, 0.717) is 21.1 Å². The highest BCUT2D eigenvalue weighted by atomic mass is 79.9. The van der Waals surface area contributed by atoms with Gasteiger partial charge in [-0.25, -0.2) is 9.78 Å². The van der Waals surface area contributed by atoms with E-state index in [0.717, 1.165) is 29.5 Å². The van der Waals surface area contributed by atoms with Crippen LogP contribution in [0.2, 0.25) is 0 Å². The van der Waals surface area contributed by atoms with Crippen molar-refractivity contribution >= 4 is 32.8 Å². The van der Waals surface area contributed by atoms with Gasteiger partial charge in [-0.1, -0.05) is 48.5 Å². The van der Waals surface area contributed by atoms with Gasteiger partial charge in [-0.2, -0.15) is 0 Å². The van der Waals surface area contributed by atoms with Crippen molar-refractivity contribution in [2.75, 3.05) is 7.11 Å². The van der Waals surface area contributed by atoms with Crippen molar-refractivity contribution in [2.45, 2.75) is 25.9 Å².